The number of hydrogen-bond acceptors (Lipinski definition) is 6. The molecule has 0 spiro atoms. The first-order valence-electron chi connectivity index (χ1n) is 7.81. The molecule has 0 amide bonds. The molecule has 2 aromatic carbocycles. The van der Waals surface area contributed by atoms with Crippen molar-refractivity contribution in [2.75, 3.05) is 14.2 Å². The molecule has 8 heteroatoms. The first kappa shape index (κ1) is 18.4. The van der Waals surface area contributed by atoms with Crippen molar-refractivity contribution in [2.45, 2.75) is 17.5 Å². The quantitative estimate of drug-likeness (QED) is 0.576. The van der Waals surface area contributed by atoms with Crippen LogP contribution in [0.4, 0.5) is 0 Å². The number of thioether (sulfide) groups is 1. The SMILES string of the molecule is COc1ccc(OC)c(CSc2n[nH]c(COc3ccc(Cl)cc3)n2)c1. The Balaban J connectivity index is 1.57. The maximum Gasteiger partial charge on any atom is 0.208 e. The summed E-state index contributed by atoms with van der Waals surface area (Å²) in [5.74, 6) is 3.63. The number of H-pyrrole nitrogens is 1. The summed E-state index contributed by atoms with van der Waals surface area (Å²) in [5.41, 5.74) is 1.01. The summed E-state index contributed by atoms with van der Waals surface area (Å²) in [6, 6.07) is 12.9. The summed E-state index contributed by atoms with van der Waals surface area (Å²) in [6.07, 6.45) is 0. The van der Waals surface area contributed by atoms with E-state index < -0.39 is 0 Å². The summed E-state index contributed by atoms with van der Waals surface area (Å²) in [6.45, 7) is 0.303. The lowest BCUT2D eigenvalue weighted by Crippen LogP contribution is -1.97. The van der Waals surface area contributed by atoms with Crippen LogP contribution < -0.4 is 14.2 Å². The fourth-order valence-corrected chi connectivity index (χ4v) is 3.15. The van der Waals surface area contributed by atoms with Gasteiger partial charge in [0.15, 0.2) is 5.82 Å². The Morgan fingerprint density at radius 3 is 2.54 bits per heavy atom. The van der Waals surface area contributed by atoms with Crippen molar-refractivity contribution < 1.29 is 14.2 Å². The lowest BCUT2D eigenvalue weighted by atomic mass is 10.2. The highest BCUT2D eigenvalue weighted by Crippen LogP contribution is 2.29. The van der Waals surface area contributed by atoms with Gasteiger partial charge in [-0.2, -0.15) is 0 Å². The molecule has 0 aliphatic carbocycles. The number of hydrogen-bond donors (Lipinski definition) is 1. The molecule has 0 unspecified atom stereocenters. The molecule has 1 aromatic heterocycles. The average molecular weight is 392 g/mol. The Kier molecular flexibility index (Phi) is 6.25. The molecule has 0 atom stereocenters. The number of rotatable bonds is 8. The molecule has 0 radical (unpaired) electrons. The number of benzene rings is 2. The first-order valence-corrected chi connectivity index (χ1v) is 9.17. The second-order valence-electron chi connectivity index (χ2n) is 5.27. The minimum atomic E-state index is 0.303. The van der Waals surface area contributed by atoms with E-state index in [1.807, 2.05) is 30.3 Å². The van der Waals surface area contributed by atoms with Crippen LogP contribution in [-0.4, -0.2) is 29.4 Å². The molecule has 0 fully saturated rings. The van der Waals surface area contributed by atoms with Crippen molar-refractivity contribution in [2.24, 2.45) is 0 Å². The molecule has 0 aliphatic rings. The van der Waals surface area contributed by atoms with Gasteiger partial charge in [-0.1, -0.05) is 23.4 Å². The highest BCUT2D eigenvalue weighted by Gasteiger charge is 2.09. The fraction of sp³-hybridized carbons (Fsp3) is 0.222. The van der Waals surface area contributed by atoms with E-state index in [0.717, 1.165) is 22.8 Å². The molecule has 136 valence electrons. The van der Waals surface area contributed by atoms with Crippen molar-refractivity contribution >= 4 is 23.4 Å². The number of ether oxygens (including phenoxy) is 3. The second kappa shape index (κ2) is 8.82. The normalized spacial score (nSPS) is 10.6. The molecule has 6 nitrogen and oxygen atoms in total. The summed E-state index contributed by atoms with van der Waals surface area (Å²) in [7, 11) is 3.29. The van der Waals surface area contributed by atoms with Crippen LogP contribution in [0.2, 0.25) is 5.02 Å². The number of nitrogens with one attached hydrogen (secondary N) is 1. The van der Waals surface area contributed by atoms with Gasteiger partial charge in [-0.25, -0.2) is 4.98 Å². The van der Waals surface area contributed by atoms with E-state index in [9.17, 15) is 0 Å². The number of aromatic amines is 1. The van der Waals surface area contributed by atoms with Crippen LogP contribution in [0.1, 0.15) is 11.4 Å². The summed E-state index contributed by atoms with van der Waals surface area (Å²) in [4.78, 5) is 4.43. The predicted octanol–water partition coefficient (Wildman–Crippen LogP) is 4.35. The highest BCUT2D eigenvalue weighted by atomic mass is 35.5. The third kappa shape index (κ3) is 4.83. The largest absolute Gasteiger partial charge is 0.497 e. The zero-order chi connectivity index (χ0) is 18.4. The molecule has 3 rings (SSSR count). The van der Waals surface area contributed by atoms with Gasteiger partial charge in [0.25, 0.3) is 0 Å². The molecule has 1 N–H and O–H groups in total. The number of nitrogens with zero attached hydrogens (tertiary/aromatic N) is 2. The van der Waals surface area contributed by atoms with E-state index in [0.29, 0.717) is 28.4 Å². The van der Waals surface area contributed by atoms with Gasteiger partial charge in [-0.05, 0) is 42.5 Å². The first-order chi connectivity index (χ1) is 12.7. The molecule has 3 aromatic rings. The van der Waals surface area contributed by atoms with Crippen LogP contribution in [0.5, 0.6) is 17.2 Å². The molecule has 26 heavy (non-hydrogen) atoms. The number of methoxy groups -OCH3 is 2. The van der Waals surface area contributed by atoms with Crippen LogP contribution in [0, 0.1) is 0 Å². The van der Waals surface area contributed by atoms with Gasteiger partial charge in [0.2, 0.25) is 5.16 Å². The van der Waals surface area contributed by atoms with Gasteiger partial charge < -0.3 is 14.2 Å². The molecule has 0 bridgehead atoms. The topological polar surface area (TPSA) is 69.3 Å². The van der Waals surface area contributed by atoms with Gasteiger partial charge in [-0.3, -0.25) is 5.10 Å². The van der Waals surface area contributed by atoms with Gasteiger partial charge in [0.05, 0.1) is 14.2 Å². The van der Waals surface area contributed by atoms with Gasteiger partial charge in [0.1, 0.15) is 23.9 Å². The third-order valence-corrected chi connectivity index (χ3v) is 4.69. The minimum Gasteiger partial charge on any atom is -0.497 e. The Morgan fingerprint density at radius 2 is 1.81 bits per heavy atom. The van der Waals surface area contributed by atoms with Crippen LogP contribution in [-0.2, 0) is 12.4 Å². The molecule has 0 aliphatic heterocycles. The maximum atomic E-state index is 5.85. The summed E-state index contributed by atoms with van der Waals surface area (Å²) < 4.78 is 16.3. The zero-order valence-corrected chi connectivity index (χ0v) is 15.9. The van der Waals surface area contributed by atoms with Crippen molar-refractivity contribution in [3.63, 3.8) is 0 Å². The minimum absolute atomic E-state index is 0.303. The Labute approximate surface area is 160 Å². The number of halogens is 1. The smallest absolute Gasteiger partial charge is 0.208 e. The van der Waals surface area contributed by atoms with Crippen LogP contribution in [0.3, 0.4) is 0 Å². The van der Waals surface area contributed by atoms with E-state index in [4.69, 9.17) is 25.8 Å². The van der Waals surface area contributed by atoms with Crippen molar-refractivity contribution in [1.82, 2.24) is 15.2 Å². The van der Waals surface area contributed by atoms with E-state index >= 15 is 0 Å². The monoisotopic (exact) mass is 391 g/mol. The third-order valence-electron chi connectivity index (χ3n) is 3.54. The van der Waals surface area contributed by atoms with Gasteiger partial charge in [-0.15, -0.1) is 5.10 Å². The zero-order valence-electron chi connectivity index (χ0n) is 14.4. The van der Waals surface area contributed by atoms with Crippen molar-refractivity contribution in [1.29, 1.82) is 0 Å². The lowest BCUT2D eigenvalue weighted by molar-refractivity contribution is 0.296. The van der Waals surface area contributed by atoms with Gasteiger partial charge >= 0.3 is 0 Å². The van der Waals surface area contributed by atoms with E-state index in [-0.39, 0.29) is 0 Å². The van der Waals surface area contributed by atoms with E-state index in [1.165, 1.54) is 11.8 Å². The van der Waals surface area contributed by atoms with Gasteiger partial charge in [0, 0.05) is 16.3 Å². The lowest BCUT2D eigenvalue weighted by Gasteiger charge is -2.09. The Bertz CT molecular complexity index is 855. The van der Waals surface area contributed by atoms with Crippen molar-refractivity contribution in [3.05, 3.63) is 58.9 Å². The van der Waals surface area contributed by atoms with E-state index in [1.54, 1.807) is 26.4 Å². The summed E-state index contributed by atoms with van der Waals surface area (Å²) in [5, 5.41) is 8.41. The van der Waals surface area contributed by atoms with Crippen LogP contribution in [0.15, 0.2) is 47.6 Å². The molecular weight excluding hydrogens is 374 g/mol. The molecular formula is C18H18ClN3O3S. The average Bonchev–Trinajstić information content (AvgIpc) is 3.13. The van der Waals surface area contributed by atoms with Crippen LogP contribution >= 0.6 is 23.4 Å². The Hall–Kier alpha value is -2.38. The van der Waals surface area contributed by atoms with E-state index in [2.05, 4.69) is 15.2 Å². The Morgan fingerprint density at radius 1 is 1.04 bits per heavy atom. The molecule has 0 saturated heterocycles. The van der Waals surface area contributed by atoms with Crippen molar-refractivity contribution in [3.8, 4) is 17.2 Å². The second-order valence-corrected chi connectivity index (χ2v) is 6.65. The number of aromatic nitrogens is 3. The fourth-order valence-electron chi connectivity index (χ4n) is 2.23. The molecule has 0 saturated carbocycles. The standard InChI is InChI=1S/C18H18ClN3O3S/c1-23-15-7-8-16(24-2)12(9-15)11-26-18-20-17(21-22-18)10-25-14-5-3-13(19)4-6-14/h3-9H,10-11H2,1-2H3,(H,20,21,22). The predicted molar refractivity (Wildman–Crippen MR) is 101 cm³/mol. The highest BCUT2D eigenvalue weighted by molar-refractivity contribution is 7.98. The van der Waals surface area contributed by atoms with Crippen LogP contribution in [0.25, 0.3) is 0 Å². The molecule has 1 heterocycles. The summed E-state index contributed by atoms with van der Waals surface area (Å²) >= 11 is 7.36. The maximum absolute atomic E-state index is 5.85.